The van der Waals surface area contributed by atoms with Crippen LogP contribution in [0.4, 0.5) is 0 Å². The highest BCUT2D eigenvalue weighted by Gasteiger charge is 2.06. The van der Waals surface area contributed by atoms with E-state index in [0.717, 1.165) is 5.56 Å². The quantitative estimate of drug-likeness (QED) is 0.889. The lowest BCUT2D eigenvalue weighted by molar-refractivity contribution is 0.339. The number of aromatic amines is 1. The normalized spacial score (nSPS) is 11.6. The molecule has 0 unspecified atom stereocenters. The van der Waals surface area contributed by atoms with Crippen molar-refractivity contribution >= 4 is 17.7 Å². The van der Waals surface area contributed by atoms with Gasteiger partial charge in [0.25, 0.3) is 5.56 Å². The minimum Gasteiger partial charge on any atom is -0.391 e. The average Bonchev–Trinajstić information content (AvgIpc) is 2.40. The molecule has 2 aromatic rings. The number of H-pyrrole nitrogens is 1. The number of nitrogens with one attached hydrogen (secondary N) is 1. The van der Waals surface area contributed by atoms with Crippen molar-refractivity contribution in [3.05, 3.63) is 57.3 Å². The second-order valence-corrected chi connectivity index (χ2v) is 4.14. The van der Waals surface area contributed by atoms with Gasteiger partial charge in [0.2, 0.25) is 0 Å². The maximum absolute atomic E-state index is 11.3. The van der Waals surface area contributed by atoms with Crippen molar-refractivity contribution in [3.8, 4) is 11.3 Å². The predicted octanol–water partition coefficient (Wildman–Crippen LogP) is 2.01. The third-order valence-corrected chi connectivity index (χ3v) is 2.58. The fraction of sp³-hybridized carbons (Fsp3) is 0.0769. The molecule has 1 aromatic carbocycles. The van der Waals surface area contributed by atoms with Gasteiger partial charge in [-0.3, -0.25) is 4.79 Å². The van der Waals surface area contributed by atoms with Crippen LogP contribution in [0.1, 0.15) is 5.56 Å². The lowest BCUT2D eigenvalue weighted by Crippen LogP contribution is -2.08. The SMILES string of the molecule is O=c1cc(/C=C(\Cl)CO)c(-c2ccccc2)n[nH]1. The third kappa shape index (κ3) is 2.85. The fourth-order valence-corrected chi connectivity index (χ4v) is 1.69. The molecule has 0 aliphatic carbocycles. The zero-order valence-electron chi connectivity index (χ0n) is 9.43. The Hall–Kier alpha value is -1.91. The van der Waals surface area contributed by atoms with E-state index >= 15 is 0 Å². The number of aromatic nitrogens is 2. The highest BCUT2D eigenvalue weighted by molar-refractivity contribution is 6.31. The predicted molar refractivity (Wildman–Crippen MR) is 71.2 cm³/mol. The second kappa shape index (κ2) is 5.62. The molecule has 0 aliphatic heterocycles. The summed E-state index contributed by atoms with van der Waals surface area (Å²) in [5, 5.41) is 15.6. The fourth-order valence-electron chi connectivity index (χ4n) is 1.57. The van der Waals surface area contributed by atoms with Gasteiger partial charge in [-0.1, -0.05) is 41.9 Å². The summed E-state index contributed by atoms with van der Waals surface area (Å²) in [6.07, 6.45) is 1.53. The van der Waals surface area contributed by atoms with Gasteiger partial charge in [-0.2, -0.15) is 5.10 Å². The standard InChI is InChI=1S/C13H11ClN2O2/c14-11(8-17)6-10-7-12(18)15-16-13(10)9-4-2-1-3-5-9/h1-7,17H,8H2,(H,15,18)/b11-6-. The number of aliphatic hydroxyl groups is 1. The van der Waals surface area contributed by atoms with Crippen molar-refractivity contribution in [2.75, 3.05) is 6.61 Å². The number of hydrogen-bond acceptors (Lipinski definition) is 3. The smallest absolute Gasteiger partial charge is 0.264 e. The van der Waals surface area contributed by atoms with Gasteiger partial charge in [-0.25, -0.2) is 5.10 Å². The Balaban J connectivity index is 2.58. The first-order chi connectivity index (χ1) is 8.70. The molecule has 0 aliphatic rings. The molecule has 5 heteroatoms. The minimum absolute atomic E-state index is 0.250. The van der Waals surface area contributed by atoms with E-state index in [1.165, 1.54) is 12.1 Å². The van der Waals surface area contributed by atoms with Crippen LogP contribution in [0.3, 0.4) is 0 Å². The first-order valence-corrected chi connectivity index (χ1v) is 5.70. The van der Waals surface area contributed by atoms with E-state index in [9.17, 15) is 4.79 Å². The number of hydrogen-bond donors (Lipinski definition) is 2. The molecule has 0 saturated heterocycles. The maximum atomic E-state index is 11.3. The van der Waals surface area contributed by atoms with E-state index in [1.807, 2.05) is 30.3 Å². The molecular weight excluding hydrogens is 252 g/mol. The van der Waals surface area contributed by atoms with Crippen molar-refractivity contribution in [2.24, 2.45) is 0 Å². The van der Waals surface area contributed by atoms with Gasteiger partial charge in [0.1, 0.15) is 0 Å². The summed E-state index contributed by atoms with van der Waals surface area (Å²) in [4.78, 5) is 11.3. The summed E-state index contributed by atoms with van der Waals surface area (Å²) in [5.41, 5.74) is 1.73. The highest BCUT2D eigenvalue weighted by Crippen LogP contribution is 2.21. The van der Waals surface area contributed by atoms with Gasteiger partial charge in [-0.05, 0) is 6.08 Å². The molecule has 0 fully saturated rings. The van der Waals surface area contributed by atoms with Crippen molar-refractivity contribution in [2.45, 2.75) is 0 Å². The summed E-state index contributed by atoms with van der Waals surface area (Å²) in [5.74, 6) is 0. The molecule has 0 saturated carbocycles. The van der Waals surface area contributed by atoms with Gasteiger partial charge >= 0.3 is 0 Å². The molecule has 0 atom stereocenters. The average molecular weight is 263 g/mol. The molecule has 0 bridgehead atoms. The summed E-state index contributed by atoms with van der Waals surface area (Å²) in [6.45, 7) is -0.275. The van der Waals surface area contributed by atoms with Crippen LogP contribution in [0.25, 0.3) is 17.3 Å². The van der Waals surface area contributed by atoms with Crippen LogP contribution in [-0.2, 0) is 0 Å². The summed E-state index contributed by atoms with van der Waals surface area (Å²) in [6, 6.07) is 10.8. The van der Waals surface area contributed by atoms with E-state index in [4.69, 9.17) is 16.7 Å². The topological polar surface area (TPSA) is 66.0 Å². The maximum Gasteiger partial charge on any atom is 0.264 e. The Kier molecular flexibility index (Phi) is 3.92. The summed E-state index contributed by atoms with van der Waals surface area (Å²) in [7, 11) is 0. The lowest BCUT2D eigenvalue weighted by Gasteiger charge is -2.04. The number of rotatable bonds is 3. The van der Waals surface area contributed by atoms with Crippen molar-refractivity contribution < 1.29 is 5.11 Å². The molecule has 0 amide bonds. The number of nitrogens with zero attached hydrogens (tertiary/aromatic N) is 1. The largest absolute Gasteiger partial charge is 0.391 e. The van der Waals surface area contributed by atoms with Gasteiger partial charge in [0.15, 0.2) is 0 Å². The minimum atomic E-state index is -0.316. The van der Waals surface area contributed by atoms with Crippen molar-refractivity contribution in [1.82, 2.24) is 10.2 Å². The van der Waals surface area contributed by atoms with Crippen LogP contribution >= 0.6 is 11.6 Å². The van der Waals surface area contributed by atoms with E-state index in [0.29, 0.717) is 11.3 Å². The molecule has 92 valence electrons. The Labute approximate surface area is 109 Å². The first kappa shape index (κ1) is 12.5. The third-order valence-electron chi connectivity index (χ3n) is 2.35. The van der Waals surface area contributed by atoms with E-state index < -0.39 is 0 Å². The van der Waals surface area contributed by atoms with Crippen LogP contribution in [-0.4, -0.2) is 21.9 Å². The Morgan fingerprint density at radius 2 is 2.11 bits per heavy atom. The van der Waals surface area contributed by atoms with Gasteiger partial charge in [0.05, 0.1) is 12.3 Å². The van der Waals surface area contributed by atoms with Gasteiger partial charge < -0.3 is 5.11 Å². The molecule has 1 heterocycles. The van der Waals surface area contributed by atoms with Crippen molar-refractivity contribution in [1.29, 1.82) is 0 Å². The number of benzene rings is 1. The lowest BCUT2D eigenvalue weighted by atomic mass is 10.1. The molecule has 0 spiro atoms. The Morgan fingerprint density at radius 3 is 2.78 bits per heavy atom. The molecular formula is C13H11ClN2O2. The zero-order chi connectivity index (χ0) is 13.0. The molecule has 2 rings (SSSR count). The molecule has 18 heavy (non-hydrogen) atoms. The number of halogens is 1. The summed E-state index contributed by atoms with van der Waals surface area (Å²) >= 11 is 5.78. The number of aliphatic hydroxyl groups excluding tert-OH is 1. The van der Waals surface area contributed by atoms with E-state index in [1.54, 1.807) is 0 Å². The molecule has 1 aromatic heterocycles. The van der Waals surface area contributed by atoms with Gasteiger partial charge in [0, 0.05) is 22.2 Å². The van der Waals surface area contributed by atoms with Crippen molar-refractivity contribution in [3.63, 3.8) is 0 Å². The van der Waals surface area contributed by atoms with E-state index in [2.05, 4.69) is 10.2 Å². The molecule has 4 nitrogen and oxygen atoms in total. The monoisotopic (exact) mass is 262 g/mol. The van der Waals surface area contributed by atoms with Crippen LogP contribution in [0, 0.1) is 0 Å². The van der Waals surface area contributed by atoms with Crippen LogP contribution in [0.15, 0.2) is 46.2 Å². The second-order valence-electron chi connectivity index (χ2n) is 3.65. The highest BCUT2D eigenvalue weighted by atomic mass is 35.5. The van der Waals surface area contributed by atoms with Crippen LogP contribution in [0.2, 0.25) is 0 Å². The first-order valence-electron chi connectivity index (χ1n) is 5.33. The summed E-state index contributed by atoms with van der Waals surface area (Å²) < 4.78 is 0. The van der Waals surface area contributed by atoms with Gasteiger partial charge in [-0.15, -0.1) is 0 Å². The molecule has 2 N–H and O–H groups in total. The Morgan fingerprint density at radius 1 is 1.39 bits per heavy atom. The molecule has 0 radical (unpaired) electrons. The van der Waals surface area contributed by atoms with E-state index in [-0.39, 0.29) is 17.2 Å². The van der Waals surface area contributed by atoms with Crippen LogP contribution < -0.4 is 5.56 Å². The zero-order valence-corrected chi connectivity index (χ0v) is 10.2. The Bertz CT molecular complexity index is 620. The van der Waals surface area contributed by atoms with Crippen LogP contribution in [0.5, 0.6) is 0 Å².